The molecule has 2 N–H and O–H groups in total. The Labute approximate surface area is 219 Å². The number of hydrogen-bond acceptors (Lipinski definition) is 7. The lowest BCUT2D eigenvalue weighted by Crippen LogP contribution is -2.37. The molecule has 3 aromatic carbocycles. The first-order valence-electron chi connectivity index (χ1n) is 11.5. The standard InChI is InChI=1S/C28H27N5O3S/c1-18-5-9-23(10-6-18)27-31-32-28(33(27)24-13-7-19(2)8-14-24)37-17-26(35)30-29-20(3)22-11-15-25(16-12-22)36-21(4)34/h5-16,29H,3,17H2,1-2,4H3,(H,30,35). The van der Waals surface area contributed by atoms with Gasteiger partial charge in [0.2, 0.25) is 5.91 Å². The second kappa shape index (κ2) is 11.6. The number of amides is 1. The minimum absolute atomic E-state index is 0.115. The molecule has 0 aliphatic rings. The highest BCUT2D eigenvalue weighted by Gasteiger charge is 2.17. The first kappa shape index (κ1) is 25.7. The number of carbonyl (C=O) groups is 2. The van der Waals surface area contributed by atoms with Crippen LogP contribution in [0.2, 0.25) is 0 Å². The van der Waals surface area contributed by atoms with Crippen LogP contribution in [0.4, 0.5) is 0 Å². The number of hydrazine groups is 1. The van der Waals surface area contributed by atoms with E-state index >= 15 is 0 Å². The average molecular weight is 514 g/mol. The van der Waals surface area contributed by atoms with Gasteiger partial charge < -0.3 is 4.74 Å². The van der Waals surface area contributed by atoms with Crippen molar-refractivity contribution in [3.05, 3.63) is 96.1 Å². The predicted molar refractivity (Wildman–Crippen MR) is 145 cm³/mol. The summed E-state index contributed by atoms with van der Waals surface area (Å²) >= 11 is 1.29. The molecule has 0 spiro atoms. The van der Waals surface area contributed by atoms with Crippen LogP contribution >= 0.6 is 11.8 Å². The van der Waals surface area contributed by atoms with Crippen molar-refractivity contribution in [2.75, 3.05) is 5.75 Å². The third-order valence-electron chi connectivity index (χ3n) is 5.38. The lowest BCUT2D eigenvalue weighted by molar-refractivity contribution is -0.131. The Bertz CT molecular complexity index is 1410. The van der Waals surface area contributed by atoms with Gasteiger partial charge in [0.25, 0.3) is 0 Å². The summed E-state index contributed by atoms with van der Waals surface area (Å²) in [6, 6.07) is 23.0. The van der Waals surface area contributed by atoms with Crippen molar-refractivity contribution in [3.8, 4) is 22.8 Å². The zero-order valence-electron chi connectivity index (χ0n) is 20.8. The summed E-state index contributed by atoms with van der Waals surface area (Å²) in [7, 11) is 0. The highest BCUT2D eigenvalue weighted by Crippen LogP contribution is 2.28. The molecule has 0 unspecified atom stereocenters. The molecule has 0 fully saturated rings. The maximum Gasteiger partial charge on any atom is 0.308 e. The van der Waals surface area contributed by atoms with E-state index in [9.17, 15) is 9.59 Å². The quantitative estimate of drug-likeness (QED) is 0.143. The minimum Gasteiger partial charge on any atom is -0.427 e. The number of thioether (sulfide) groups is 1. The Kier molecular flexibility index (Phi) is 8.05. The maximum absolute atomic E-state index is 12.6. The van der Waals surface area contributed by atoms with E-state index in [2.05, 4.69) is 27.6 Å². The minimum atomic E-state index is -0.390. The van der Waals surface area contributed by atoms with Crippen LogP contribution in [0.15, 0.2) is 84.5 Å². The fourth-order valence-corrected chi connectivity index (χ4v) is 4.21. The average Bonchev–Trinajstić information content (AvgIpc) is 3.31. The number of ether oxygens (including phenoxy) is 1. The molecule has 0 radical (unpaired) electrons. The summed E-state index contributed by atoms with van der Waals surface area (Å²) in [6.45, 7) is 9.36. The Morgan fingerprint density at radius 3 is 2.14 bits per heavy atom. The molecule has 4 rings (SSSR count). The molecule has 9 heteroatoms. The molecule has 0 atom stereocenters. The lowest BCUT2D eigenvalue weighted by atomic mass is 10.1. The first-order valence-corrected chi connectivity index (χ1v) is 12.5. The van der Waals surface area contributed by atoms with Crippen LogP contribution in [-0.2, 0) is 9.59 Å². The van der Waals surface area contributed by atoms with Gasteiger partial charge in [-0.25, -0.2) is 0 Å². The normalized spacial score (nSPS) is 10.6. The molecular weight excluding hydrogens is 486 g/mol. The summed E-state index contributed by atoms with van der Waals surface area (Å²) in [5, 5.41) is 9.42. The third kappa shape index (κ3) is 6.65. The number of rotatable bonds is 9. The van der Waals surface area contributed by atoms with Crippen molar-refractivity contribution >= 4 is 29.3 Å². The molecule has 1 amide bonds. The van der Waals surface area contributed by atoms with Gasteiger partial charge in [-0.15, -0.1) is 10.2 Å². The Balaban J connectivity index is 1.43. The molecule has 8 nitrogen and oxygen atoms in total. The molecular formula is C28H27N5O3S. The second-order valence-electron chi connectivity index (χ2n) is 8.40. The zero-order valence-corrected chi connectivity index (χ0v) is 21.6. The van der Waals surface area contributed by atoms with Gasteiger partial charge in [0, 0.05) is 18.2 Å². The number of hydrogen-bond donors (Lipinski definition) is 2. The first-order chi connectivity index (χ1) is 17.8. The summed E-state index contributed by atoms with van der Waals surface area (Å²) in [5.74, 6) is 0.614. The van der Waals surface area contributed by atoms with Gasteiger partial charge in [-0.05, 0) is 55.8 Å². The van der Waals surface area contributed by atoms with Gasteiger partial charge >= 0.3 is 5.97 Å². The fraction of sp³-hybridized carbons (Fsp3) is 0.143. The van der Waals surface area contributed by atoms with Gasteiger partial charge in [-0.3, -0.25) is 25.0 Å². The van der Waals surface area contributed by atoms with Gasteiger partial charge in [-0.2, -0.15) is 0 Å². The molecule has 37 heavy (non-hydrogen) atoms. The number of benzene rings is 3. The van der Waals surface area contributed by atoms with E-state index in [1.54, 1.807) is 24.3 Å². The number of nitrogens with zero attached hydrogens (tertiary/aromatic N) is 3. The number of esters is 1. The Morgan fingerprint density at radius 2 is 1.51 bits per heavy atom. The largest absolute Gasteiger partial charge is 0.427 e. The highest BCUT2D eigenvalue weighted by molar-refractivity contribution is 7.99. The number of carbonyl (C=O) groups excluding carboxylic acids is 2. The highest BCUT2D eigenvalue weighted by atomic mass is 32.2. The molecule has 0 aliphatic carbocycles. The molecule has 0 saturated carbocycles. The van der Waals surface area contributed by atoms with E-state index in [0.717, 1.165) is 27.9 Å². The van der Waals surface area contributed by atoms with E-state index in [0.29, 0.717) is 22.4 Å². The predicted octanol–water partition coefficient (Wildman–Crippen LogP) is 4.86. The summed E-state index contributed by atoms with van der Waals surface area (Å²) in [4.78, 5) is 23.6. The van der Waals surface area contributed by atoms with Crippen LogP contribution in [0.1, 0.15) is 23.6 Å². The summed E-state index contributed by atoms with van der Waals surface area (Å²) in [6.07, 6.45) is 0. The fourth-order valence-electron chi connectivity index (χ4n) is 3.45. The van der Waals surface area contributed by atoms with Crippen molar-refractivity contribution < 1.29 is 14.3 Å². The van der Waals surface area contributed by atoms with Crippen LogP contribution in [0.5, 0.6) is 5.75 Å². The summed E-state index contributed by atoms with van der Waals surface area (Å²) < 4.78 is 6.99. The number of nitrogens with one attached hydrogen (secondary N) is 2. The van der Waals surface area contributed by atoms with E-state index < -0.39 is 5.97 Å². The maximum atomic E-state index is 12.6. The molecule has 0 saturated heterocycles. The van der Waals surface area contributed by atoms with Crippen LogP contribution in [0.3, 0.4) is 0 Å². The van der Waals surface area contributed by atoms with E-state index in [1.165, 1.54) is 18.7 Å². The Hall–Kier alpha value is -4.37. The van der Waals surface area contributed by atoms with E-state index in [4.69, 9.17) is 4.74 Å². The van der Waals surface area contributed by atoms with Crippen LogP contribution in [-0.4, -0.2) is 32.4 Å². The van der Waals surface area contributed by atoms with Crippen LogP contribution < -0.4 is 15.6 Å². The van der Waals surface area contributed by atoms with Crippen molar-refractivity contribution in [2.24, 2.45) is 0 Å². The number of aryl methyl sites for hydroxylation is 2. The topological polar surface area (TPSA) is 98.1 Å². The van der Waals surface area contributed by atoms with Crippen molar-refractivity contribution in [1.82, 2.24) is 25.6 Å². The zero-order chi connectivity index (χ0) is 26.4. The second-order valence-corrected chi connectivity index (χ2v) is 9.34. The van der Waals surface area contributed by atoms with Crippen molar-refractivity contribution in [3.63, 3.8) is 0 Å². The van der Waals surface area contributed by atoms with Gasteiger partial charge in [-0.1, -0.05) is 65.9 Å². The van der Waals surface area contributed by atoms with Crippen molar-refractivity contribution in [1.29, 1.82) is 0 Å². The van der Waals surface area contributed by atoms with E-state index in [-0.39, 0.29) is 11.7 Å². The van der Waals surface area contributed by atoms with Crippen LogP contribution in [0.25, 0.3) is 22.8 Å². The Morgan fingerprint density at radius 1 is 0.892 bits per heavy atom. The smallest absolute Gasteiger partial charge is 0.308 e. The van der Waals surface area contributed by atoms with Gasteiger partial charge in [0.15, 0.2) is 11.0 Å². The summed E-state index contributed by atoms with van der Waals surface area (Å²) in [5.41, 5.74) is 10.9. The van der Waals surface area contributed by atoms with Crippen molar-refractivity contribution in [2.45, 2.75) is 25.9 Å². The lowest BCUT2D eigenvalue weighted by Gasteiger charge is -2.13. The molecule has 0 aliphatic heterocycles. The van der Waals surface area contributed by atoms with Crippen LogP contribution in [0, 0.1) is 13.8 Å². The molecule has 4 aromatic rings. The van der Waals surface area contributed by atoms with Gasteiger partial charge in [0.05, 0.1) is 11.4 Å². The third-order valence-corrected chi connectivity index (χ3v) is 6.31. The molecule has 188 valence electrons. The molecule has 0 bridgehead atoms. The SMILES string of the molecule is C=C(NNC(=O)CSc1nnc(-c2ccc(C)cc2)n1-c1ccc(C)cc1)c1ccc(OC(C)=O)cc1. The molecule has 1 heterocycles. The van der Waals surface area contributed by atoms with E-state index in [1.807, 2.05) is 66.9 Å². The monoisotopic (exact) mass is 513 g/mol. The van der Waals surface area contributed by atoms with Gasteiger partial charge in [0.1, 0.15) is 5.75 Å². The molecule has 1 aromatic heterocycles. The number of aromatic nitrogens is 3.